The van der Waals surface area contributed by atoms with Crippen molar-refractivity contribution in [3.8, 4) is 0 Å². The summed E-state index contributed by atoms with van der Waals surface area (Å²) >= 11 is 0. The lowest BCUT2D eigenvalue weighted by molar-refractivity contribution is -0.182. The molecule has 0 aliphatic heterocycles. The molecule has 0 spiro atoms. The van der Waals surface area contributed by atoms with Crippen LogP contribution in [0.1, 0.15) is 37.4 Å². The van der Waals surface area contributed by atoms with Gasteiger partial charge in [0.05, 0.1) is 12.0 Å². The van der Waals surface area contributed by atoms with Crippen molar-refractivity contribution in [3.63, 3.8) is 0 Å². The maximum atomic E-state index is 13.1. The third-order valence-corrected chi connectivity index (χ3v) is 4.21. The molecule has 0 saturated heterocycles. The van der Waals surface area contributed by atoms with Crippen LogP contribution in [0.15, 0.2) is 24.3 Å². The van der Waals surface area contributed by atoms with Crippen LogP contribution >= 0.6 is 0 Å². The van der Waals surface area contributed by atoms with Crippen LogP contribution in [-0.4, -0.2) is 29.9 Å². The first kappa shape index (κ1) is 18.5. The number of rotatable bonds is 4. The van der Waals surface area contributed by atoms with Crippen LogP contribution in [0.2, 0.25) is 0 Å². The van der Waals surface area contributed by atoms with E-state index in [1.165, 1.54) is 24.3 Å². The first-order valence-corrected chi connectivity index (χ1v) is 7.80. The zero-order valence-corrected chi connectivity index (χ0v) is 12.9. The van der Waals surface area contributed by atoms with E-state index in [-0.39, 0.29) is 38.3 Å². The summed E-state index contributed by atoms with van der Waals surface area (Å²) in [4.78, 5) is 11.8. The molecule has 8 heteroatoms. The summed E-state index contributed by atoms with van der Waals surface area (Å²) < 4.78 is 50.8. The van der Waals surface area contributed by atoms with Gasteiger partial charge in [0, 0.05) is 12.6 Å². The summed E-state index contributed by atoms with van der Waals surface area (Å²) in [7, 11) is 0. The minimum Gasteiger partial charge on any atom is -0.387 e. The summed E-state index contributed by atoms with van der Waals surface area (Å²) in [6, 6.07) is 4.53. The molecular weight excluding hydrogens is 328 g/mol. The molecular formula is C16H20F4N2O2. The van der Waals surface area contributed by atoms with Crippen LogP contribution in [0.25, 0.3) is 0 Å². The highest BCUT2D eigenvalue weighted by Crippen LogP contribution is 2.37. The van der Waals surface area contributed by atoms with E-state index in [4.69, 9.17) is 0 Å². The van der Waals surface area contributed by atoms with Crippen molar-refractivity contribution >= 4 is 6.03 Å². The summed E-state index contributed by atoms with van der Waals surface area (Å²) in [6.45, 7) is -0.118. The number of aliphatic hydroxyl groups excluding tert-OH is 1. The van der Waals surface area contributed by atoms with E-state index < -0.39 is 30.0 Å². The third-order valence-electron chi connectivity index (χ3n) is 4.21. The molecule has 0 radical (unpaired) electrons. The normalized spacial score (nSPS) is 22.7. The van der Waals surface area contributed by atoms with Gasteiger partial charge in [-0.3, -0.25) is 0 Å². The standard InChI is InChI=1S/C16H20F4N2O2/c17-12-3-1-2-10(8-12)14(23)9-21-15(24)22-13-6-4-11(5-7-13)16(18,19)20/h1-3,8,11,13-14,23H,4-7,9H2,(H2,21,22,24). The Hall–Kier alpha value is -1.83. The van der Waals surface area contributed by atoms with Crippen molar-refractivity contribution in [3.05, 3.63) is 35.6 Å². The highest BCUT2D eigenvalue weighted by Gasteiger charge is 2.41. The van der Waals surface area contributed by atoms with E-state index in [1.54, 1.807) is 0 Å². The van der Waals surface area contributed by atoms with Gasteiger partial charge in [-0.15, -0.1) is 0 Å². The van der Waals surface area contributed by atoms with Crippen molar-refractivity contribution in [1.82, 2.24) is 10.6 Å². The van der Waals surface area contributed by atoms with Crippen LogP contribution in [0.4, 0.5) is 22.4 Å². The average Bonchev–Trinajstić information content (AvgIpc) is 2.52. The third kappa shape index (κ3) is 5.36. The molecule has 0 bridgehead atoms. The molecule has 1 aromatic carbocycles. The summed E-state index contributed by atoms with van der Waals surface area (Å²) in [5.41, 5.74) is 0.334. The number of carbonyl (C=O) groups is 1. The molecule has 3 N–H and O–H groups in total. The molecule has 0 aromatic heterocycles. The molecule has 134 valence electrons. The van der Waals surface area contributed by atoms with Crippen molar-refractivity contribution < 1.29 is 27.5 Å². The Kier molecular flexibility index (Phi) is 6.04. The highest BCUT2D eigenvalue weighted by molar-refractivity contribution is 5.74. The number of nitrogens with one attached hydrogen (secondary N) is 2. The monoisotopic (exact) mass is 348 g/mol. The topological polar surface area (TPSA) is 61.4 Å². The summed E-state index contributed by atoms with van der Waals surface area (Å²) in [5, 5.41) is 14.9. The number of hydrogen-bond acceptors (Lipinski definition) is 2. The van der Waals surface area contributed by atoms with E-state index in [0.29, 0.717) is 5.56 Å². The van der Waals surface area contributed by atoms with Crippen LogP contribution in [0.5, 0.6) is 0 Å². The number of benzene rings is 1. The lowest BCUT2D eigenvalue weighted by Gasteiger charge is -2.30. The summed E-state index contributed by atoms with van der Waals surface area (Å²) in [5.74, 6) is -1.79. The van der Waals surface area contributed by atoms with Gasteiger partial charge in [-0.2, -0.15) is 13.2 Å². The molecule has 2 amide bonds. The van der Waals surface area contributed by atoms with Gasteiger partial charge >= 0.3 is 12.2 Å². The van der Waals surface area contributed by atoms with Crippen LogP contribution < -0.4 is 10.6 Å². The van der Waals surface area contributed by atoms with E-state index in [1.807, 2.05) is 0 Å². The maximum absolute atomic E-state index is 13.1. The zero-order chi connectivity index (χ0) is 17.7. The molecule has 1 saturated carbocycles. The molecule has 2 rings (SSSR count). The molecule has 0 heterocycles. The zero-order valence-electron chi connectivity index (χ0n) is 12.9. The van der Waals surface area contributed by atoms with Gasteiger partial charge in [-0.25, -0.2) is 9.18 Å². The quantitative estimate of drug-likeness (QED) is 0.732. The number of amides is 2. The Balaban J connectivity index is 1.72. The number of alkyl halides is 3. The van der Waals surface area contributed by atoms with E-state index in [0.717, 1.165) is 0 Å². The fourth-order valence-corrected chi connectivity index (χ4v) is 2.82. The van der Waals surface area contributed by atoms with Crippen LogP contribution in [-0.2, 0) is 0 Å². The molecule has 1 aliphatic carbocycles. The van der Waals surface area contributed by atoms with Gasteiger partial charge in [-0.1, -0.05) is 12.1 Å². The molecule has 1 aliphatic rings. The largest absolute Gasteiger partial charge is 0.391 e. The Morgan fingerprint density at radius 1 is 1.25 bits per heavy atom. The number of hydrogen-bond donors (Lipinski definition) is 3. The number of urea groups is 1. The van der Waals surface area contributed by atoms with Gasteiger partial charge in [0.2, 0.25) is 0 Å². The van der Waals surface area contributed by atoms with Crippen LogP contribution in [0, 0.1) is 11.7 Å². The lowest BCUT2D eigenvalue weighted by Crippen LogP contribution is -2.45. The fraction of sp³-hybridized carbons (Fsp3) is 0.562. The lowest BCUT2D eigenvalue weighted by atomic mass is 9.86. The Bertz CT molecular complexity index is 557. The first-order chi connectivity index (χ1) is 11.3. The number of aliphatic hydroxyl groups is 1. The SMILES string of the molecule is O=C(NCC(O)c1cccc(F)c1)NC1CCC(C(F)(F)F)CC1. The smallest absolute Gasteiger partial charge is 0.387 e. The minimum absolute atomic E-state index is 0.000361. The van der Waals surface area contributed by atoms with Crippen molar-refractivity contribution in [2.75, 3.05) is 6.54 Å². The second kappa shape index (κ2) is 7.83. The summed E-state index contributed by atoms with van der Waals surface area (Å²) in [6.07, 6.45) is -4.70. The van der Waals surface area contributed by atoms with Gasteiger partial charge in [-0.05, 0) is 43.4 Å². The molecule has 1 unspecified atom stereocenters. The van der Waals surface area contributed by atoms with Gasteiger partial charge in [0.25, 0.3) is 0 Å². The highest BCUT2D eigenvalue weighted by atomic mass is 19.4. The van der Waals surface area contributed by atoms with Gasteiger partial charge in [0.15, 0.2) is 0 Å². The molecule has 1 atom stereocenters. The van der Waals surface area contributed by atoms with Crippen LogP contribution in [0.3, 0.4) is 0 Å². The Morgan fingerprint density at radius 2 is 1.92 bits per heavy atom. The molecule has 1 fully saturated rings. The average molecular weight is 348 g/mol. The second-order valence-corrected chi connectivity index (χ2v) is 6.02. The first-order valence-electron chi connectivity index (χ1n) is 7.80. The van der Waals surface area contributed by atoms with Crippen molar-refractivity contribution in [1.29, 1.82) is 0 Å². The van der Waals surface area contributed by atoms with E-state index in [9.17, 15) is 27.5 Å². The van der Waals surface area contributed by atoms with Crippen molar-refractivity contribution in [2.24, 2.45) is 5.92 Å². The Labute approximate surface area is 137 Å². The molecule has 1 aromatic rings. The minimum atomic E-state index is -4.18. The van der Waals surface area contributed by atoms with Gasteiger partial charge < -0.3 is 15.7 Å². The fourth-order valence-electron chi connectivity index (χ4n) is 2.82. The number of carbonyl (C=O) groups excluding carboxylic acids is 1. The van der Waals surface area contributed by atoms with E-state index in [2.05, 4.69) is 10.6 Å². The predicted molar refractivity (Wildman–Crippen MR) is 79.7 cm³/mol. The number of halogens is 4. The van der Waals surface area contributed by atoms with Gasteiger partial charge in [0.1, 0.15) is 5.82 Å². The molecule has 4 nitrogen and oxygen atoms in total. The van der Waals surface area contributed by atoms with E-state index >= 15 is 0 Å². The van der Waals surface area contributed by atoms with Crippen molar-refractivity contribution in [2.45, 2.75) is 44.0 Å². The Morgan fingerprint density at radius 3 is 2.50 bits per heavy atom. The predicted octanol–water partition coefficient (Wildman–Crippen LogP) is 3.28. The second-order valence-electron chi connectivity index (χ2n) is 6.02. The maximum Gasteiger partial charge on any atom is 0.391 e. The molecule has 24 heavy (non-hydrogen) atoms.